The Morgan fingerprint density at radius 1 is 1.12 bits per heavy atom. The van der Waals surface area contributed by atoms with Crippen molar-refractivity contribution >= 4 is 40.0 Å². The highest BCUT2D eigenvalue weighted by atomic mass is 19.3. The van der Waals surface area contributed by atoms with E-state index in [1.54, 1.807) is 38.4 Å². The van der Waals surface area contributed by atoms with Gasteiger partial charge in [-0.05, 0) is 17.3 Å². The van der Waals surface area contributed by atoms with Crippen LogP contribution < -0.4 is 20.3 Å². The Morgan fingerprint density at radius 3 is 2.64 bits per heavy atom. The van der Waals surface area contributed by atoms with E-state index < -0.39 is 12.2 Å². The number of anilines is 5. The number of nitrogens with zero attached hydrogens (tertiary/aromatic N) is 10. The van der Waals surface area contributed by atoms with Gasteiger partial charge in [-0.1, -0.05) is 6.07 Å². The molecule has 0 atom stereocenters. The van der Waals surface area contributed by atoms with E-state index in [1.165, 1.54) is 18.1 Å². The highest BCUT2D eigenvalue weighted by molar-refractivity contribution is 5.92. The van der Waals surface area contributed by atoms with Crippen LogP contribution in [-0.4, -0.2) is 78.5 Å². The van der Waals surface area contributed by atoms with Crippen LogP contribution in [0, 0.1) is 11.3 Å². The number of hydrogen-bond acceptors (Lipinski definition) is 13. The van der Waals surface area contributed by atoms with Gasteiger partial charge in [0.2, 0.25) is 5.82 Å². The highest BCUT2D eigenvalue weighted by Crippen LogP contribution is 2.38. The smallest absolute Gasteiger partial charge is 0.295 e. The van der Waals surface area contributed by atoms with Crippen LogP contribution in [0.25, 0.3) is 22.6 Å². The summed E-state index contributed by atoms with van der Waals surface area (Å²) in [5, 5.41) is 28.1. The van der Waals surface area contributed by atoms with Crippen molar-refractivity contribution < 1.29 is 18.3 Å². The molecule has 0 bridgehead atoms. The van der Waals surface area contributed by atoms with Gasteiger partial charge in [0, 0.05) is 26.3 Å². The van der Waals surface area contributed by atoms with Crippen molar-refractivity contribution in [2.75, 3.05) is 42.8 Å². The largest absolute Gasteiger partial charge is 0.494 e. The molecule has 1 fully saturated rings. The second-order valence-corrected chi connectivity index (χ2v) is 9.22. The molecule has 3 N–H and O–H groups in total. The van der Waals surface area contributed by atoms with Crippen LogP contribution in [0.15, 0.2) is 30.5 Å². The molecule has 1 aromatic carbocycles. The number of alkyl halides is 2. The lowest BCUT2D eigenvalue weighted by molar-refractivity contribution is 0.0782. The summed E-state index contributed by atoms with van der Waals surface area (Å²) in [6.45, 7) is 1.20. The molecule has 17 heteroatoms. The summed E-state index contributed by atoms with van der Waals surface area (Å²) in [6, 6.07) is 8.91. The van der Waals surface area contributed by atoms with Gasteiger partial charge in [0.15, 0.2) is 34.6 Å². The van der Waals surface area contributed by atoms with Crippen molar-refractivity contribution in [1.29, 1.82) is 5.26 Å². The molecule has 42 heavy (non-hydrogen) atoms. The summed E-state index contributed by atoms with van der Waals surface area (Å²) < 4.78 is 38.1. The van der Waals surface area contributed by atoms with Crippen molar-refractivity contribution in [3.8, 4) is 23.2 Å². The number of pyridine rings is 1. The maximum Gasteiger partial charge on any atom is 0.295 e. The number of halogens is 2. The first kappa shape index (κ1) is 26.7. The molecule has 15 nitrogen and oxygen atoms in total. The lowest BCUT2D eigenvalue weighted by Crippen LogP contribution is -2.52. The minimum absolute atomic E-state index is 0.0710. The van der Waals surface area contributed by atoms with E-state index in [-0.39, 0.29) is 34.6 Å². The number of benzene rings is 1. The van der Waals surface area contributed by atoms with Crippen LogP contribution in [0.2, 0.25) is 0 Å². The molecule has 0 aliphatic carbocycles. The summed E-state index contributed by atoms with van der Waals surface area (Å²) in [5.41, 5.74) is 1.78. The summed E-state index contributed by atoms with van der Waals surface area (Å²) in [7, 11) is 4.76. The van der Waals surface area contributed by atoms with Gasteiger partial charge in [-0.25, -0.2) is 28.7 Å². The van der Waals surface area contributed by atoms with Crippen LogP contribution in [0.5, 0.6) is 5.75 Å². The van der Waals surface area contributed by atoms with Gasteiger partial charge in [-0.15, -0.1) is 10.2 Å². The third-order valence-electron chi connectivity index (χ3n) is 6.51. The van der Waals surface area contributed by atoms with Gasteiger partial charge in [-0.3, -0.25) is 0 Å². The van der Waals surface area contributed by atoms with Crippen molar-refractivity contribution in [2.24, 2.45) is 7.05 Å². The molecular formula is C25H23F2N13O2. The fraction of sp³-hybridized carbons (Fsp3) is 0.280. The number of ether oxygens (including phenoxy) is 2. The molecule has 0 spiro atoms. The Labute approximate surface area is 236 Å². The molecule has 1 aliphatic rings. The first-order valence-electron chi connectivity index (χ1n) is 12.6. The number of tetrazole rings is 1. The van der Waals surface area contributed by atoms with Crippen molar-refractivity contribution in [2.45, 2.75) is 12.5 Å². The molecule has 214 valence electrons. The topological polar surface area (TPSA) is 180 Å². The zero-order chi connectivity index (χ0) is 29.4. The third kappa shape index (κ3) is 4.94. The van der Waals surface area contributed by atoms with Crippen molar-refractivity contribution in [1.82, 2.24) is 45.1 Å². The van der Waals surface area contributed by atoms with Crippen LogP contribution in [0.4, 0.5) is 37.6 Å². The Kier molecular flexibility index (Phi) is 6.88. The fourth-order valence-electron chi connectivity index (χ4n) is 4.48. The number of rotatable bonds is 9. The first-order valence-corrected chi connectivity index (χ1v) is 12.6. The van der Waals surface area contributed by atoms with Gasteiger partial charge in [0.05, 0.1) is 43.4 Å². The number of fused-ring (bicyclic) bond motifs is 1. The lowest BCUT2D eigenvalue weighted by Gasteiger charge is -2.39. The number of aromatic amines is 1. The highest BCUT2D eigenvalue weighted by Gasteiger charge is 2.30. The number of aryl methyl sites for hydroxylation is 1. The van der Waals surface area contributed by atoms with Gasteiger partial charge < -0.3 is 30.0 Å². The van der Waals surface area contributed by atoms with Crippen LogP contribution in [0.3, 0.4) is 0 Å². The predicted molar refractivity (Wildman–Crippen MR) is 146 cm³/mol. The fourth-order valence-corrected chi connectivity index (χ4v) is 4.48. The molecule has 0 radical (unpaired) electrons. The average Bonchev–Trinajstić information content (AvgIpc) is 3.59. The maximum atomic E-state index is 13.6. The Hall–Kier alpha value is -5.50. The zero-order valence-electron chi connectivity index (χ0n) is 22.5. The molecule has 5 heterocycles. The molecular weight excluding hydrogens is 552 g/mol. The summed E-state index contributed by atoms with van der Waals surface area (Å²) >= 11 is 0. The van der Waals surface area contributed by atoms with Gasteiger partial charge >= 0.3 is 0 Å². The maximum absolute atomic E-state index is 13.6. The Morgan fingerprint density at radius 2 is 1.95 bits per heavy atom. The Balaban J connectivity index is 1.36. The molecule has 1 saturated heterocycles. The molecule has 0 amide bonds. The van der Waals surface area contributed by atoms with Crippen molar-refractivity contribution in [3.05, 3.63) is 42.0 Å². The SMILES string of the molecule is COc1c(Nc2cc(Nc3cnc(N4CC(OC)C4)c(C#N)n3)nc3[nH]c(C(F)F)nc23)cccc1-c1nnn(C)n1. The van der Waals surface area contributed by atoms with E-state index >= 15 is 0 Å². The number of nitrogens with one attached hydrogen (secondary N) is 3. The molecule has 0 unspecified atom stereocenters. The van der Waals surface area contributed by atoms with Gasteiger partial charge in [0.1, 0.15) is 17.4 Å². The zero-order valence-corrected chi connectivity index (χ0v) is 22.5. The molecule has 0 saturated carbocycles. The third-order valence-corrected chi connectivity index (χ3v) is 6.51. The van der Waals surface area contributed by atoms with E-state index in [0.29, 0.717) is 47.4 Å². The van der Waals surface area contributed by atoms with E-state index in [9.17, 15) is 14.0 Å². The first-order chi connectivity index (χ1) is 20.4. The number of para-hydroxylation sites is 1. The quantitative estimate of drug-likeness (QED) is 0.233. The monoisotopic (exact) mass is 575 g/mol. The lowest BCUT2D eigenvalue weighted by atomic mass is 10.1. The van der Waals surface area contributed by atoms with Gasteiger partial charge in [-0.2, -0.15) is 10.1 Å². The van der Waals surface area contributed by atoms with Crippen LogP contribution in [-0.2, 0) is 11.8 Å². The van der Waals surface area contributed by atoms with Crippen LogP contribution in [0.1, 0.15) is 17.9 Å². The van der Waals surface area contributed by atoms with E-state index in [0.717, 1.165) is 0 Å². The summed E-state index contributed by atoms with van der Waals surface area (Å²) in [6.07, 6.45) is -1.31. The summed E-state index contributed by atoms with van der Waals surface area (Å²) in [5.74, 6) is 1.11. The second-order valence-electron chi connectivity index (χ2n) is 9.22. The summed E-state index contributed by atoms with van der Waals surface area (Å²) in [4.78, 5) is 23.0. The van der Waals surface area contributed by atoms with E-state index in [4.69, 9.17) is 9.47 Å². The van der Waals surface area contributed by atoms with E-state index in [2.05, 4.69) is 57.0 Å². The number of hydrogen-bond donors (Lipinski definition) is 3. The van der Waals surface area contributed by atoms with Gasteiger partial charge in [0.25, 0.3) is 6.43 Å². The normalized spacial score (nSPS) is 13.3. The molecule has 1 aliphatic heterocycles. The Bertz CT molecular complexity index is 1810. The standard InChI is InChI=1S/C25H23F2N13O2/c1-39-37-22(36-38-39)13-5-4-6-14(20(13)42-3)30-15-7-17(33-23-19(15)34-24(35-23)21(26)27)32-18-9-29-25(16(8-28)31-18)40-10-12(11-40)41-2/h4-7,9,12,21H,10-11H2,1-3H3,(H3,30,31,32,33,34,35). The van der Waals surface area contributed by atoms with Crippen LogP contribution >= 0.6 is 0 Å². The minimum Gasteiger partial charge on any atom is -0.494 e. The number of methoxy groups -OCH3 is 2. The van der Waals surface area contributed by atoms with E-state index in [1.807, 2.05) is 4.90 Å². The van der Waals surface area contributed by atoms with Crippen molar-refractivity contribution in [3.63, 3.8) is 0 Å². The molecule has 6 rings (SSSR count). The number of imidazole rings is 1. The number of nitriles is 1. The number of aromatic nitrogens is 9. The molecule has 4 aromatic heterocycles. The second kappa shape index (κ2) is 10.8. The number of H-pyrrole nitrogens is 1. The minimum atomic E-state index is -2.85. The average molecular weight is 576 g/mol. The predicted octanol–water partition coefficient (Wildman–Crippen LogP) is 3.08. The molecule has 5 aromatic rings.